The Labute approximate surface area is 237 Å². The molecular formula is C28H24ClF3N4O5. The largest absolute Gasteiger partial charge is 0.484 e. The van der Waals surface area contributed by atoms with E-state index in [9.17, 15) is 28.1 Å². The Kier molecular flexibility index (Phi) is 8.04. The van der Waals surface area contributed by atoms with Crippen molar-refractivity contribution in [3.05, 3.63) is 93.2 Å². The Morgan fingerprint density at radius 1 is 1.00 bits per heavy atom. The SMILES string of the molecule is O=C(COc1ccc(Nc2ccc([N+](=O)[O-])c(C(F)(F)F)c2)cc1)N1CCN(Cc2cc3cc(Cl)ccc3o2)CC1. The number of carbonyl (C=O) groups excluding carboxylic acids is 1. The molecule has 0 saturated carbocycles. The summed E-state index contributed by atoms with van der Waals surface area (Å²) in [5.41, 5.74) is -1.10. The number of hydrogen-bond donors (Lipinski definition) is 1. The number of nitro benzene ring substituents is 1. The molecule has 0 bridgehead atoms. The van der Waals surface area contributed by atoms with Crippen LogP contribution < -0.4 is 10.1 Å². The van der Waals surface area contributed by atoms with Gasteiger partial charge in [-0.2, -0.15) is 13.2 Å². The quantitative estimate of drug-likeness (QED) is 0.186. The standard InChI is InChI=1S/C28H24ClF3N4O5/c29-19-1-8-26-18(13-19)14-23(41-26)16-34-9-11-35(12-10-34)27(37)17-40-22-5-2-20(3-6-22)33-21-4-7-25(36(38)39)24(15-21)28(30,31)32/h1-8,13-15,33H,9-12,16-17H2. The van der Waals surface area contributed by atoms with Crippen molar-refractivity contribution in [1.82, 2.24) is 9.80 Å². The molecule has 1 fully saturated rings. The van der Waals surface area contributed by atoms with Crippen molar-refractivity contribution in [1.29, 1.82) is 0 Å². The molecule has 1 aliphatic rings. The number of piperazine rings is 1. The number of nitrogens with one attached hydrogen (secondary N) is 1. The summed E-state index contributed by atoms with van der Waals surface area (Å²) in [7, 11) is 0. The minimum Gasteiger partial charge on any atom is -0.484 e. The third-order valence-corrected chi connectivity index (χ3v) is 6.87. The first kappa shape index (κ1) is 28.2. The maximum atomic E-state index is 13.2. The normalized spacial score (nSPS) is 14.3. The van der Waals surface area contributed by atoms with Crippen LogP contribution in [0.1, 0.15) is 11.3 Å². The van der Waals surface area contributed by atoms with Gasteiger partial charge in [-0.25, -0.2) is 0 Å². The van der Waals surface area contributed by atoms with Gasteiger partial charge in [0, 0.05) is 54.0 Å². The summed E-state index contributed by atoms with van der Waals surface area (Å²) in [5, 5.41) is 15.3. The minimum atomic E-state index is -4.87. The van der Waals surface area contributed by atoms with Gasteiger partial charge in [-0.15, -0.1) is 0 Å². The van der Waals surface area contributed by atoms with Crippen LogP contribution in [0.5, 0.6) is 5.75 Å². The number of fused-ring (bicyclic) bond motifs is 1. The molecule has 1 aromatic heterocycles. The van der Waals surface area contributed by atoms with Gasteiger partial charge >= 0.3 is 6.18 Å². The van der Waals surface area contributed by atoms with Crippen LogP contribution >= 0.6 is 11.6 Å². The van der Waals surface area contributed by atoms with Crippen LogP contribution in [0.4, 0.5) is 30.2 Å². The number of alkyl halides is 3. The molecule has 0 spiro atoms. The van der Waals surface area contributed by atoms with Gasteiger partial charge < -0.3 is 19.4 Å². The van der Waals surface area contributed by atoms with E-state index < -0.39 is 22.4 Å². The van der Waals surface area contributed by atoms with Crippen LogP contribution in [-0.2, 0) is 17.5 Å². The second kappa shape index (κ2) is 11.7. The van der Waals surface area contributed by atoms with Crippen LogP contribution in [0.3, 0.4) is 0 Å². The van der Waals surface area contributed by atoms with Crippen molar-refractivity contribution in [2.75, 3.05) is 38.1 Å². The molecule has 0 unspecified atom stereocenters. The van der Waals surface area contributed by atoms with E-state index in [4.69, 9.17) is 20.8 Å². The average molecular weight is 589 g/mol. The van der Waals surface area contributed by atoms with E-state index in [2.05, 4.69) is 10.2 Å². The molecule has 0 aliphatic carbocycles. The van der Waals surface area contributed by atoms with Crippen LogP contribution in [0, 0.1) is 10.1 Å². The van der Waals surface area contributed by atoms with E-state index in [0.29, 0.717) is 55.2 Å². The number of furan rings is 1. The lowest BCUT2D eigenvalue weighted by atomic mass is 10.1. The molecule has 214 valence electrons. The molecule has 5 rings (SSSR count). The molecule has 2 heterocycles. The topological polar surface area (TPSA) is 101 Å². The van der Waals surface area contributed by atoms with Gasteiger partial charge in [0.05, 0.1) is 11.5 Å². The Morgan fingerprint density at radius 2 is 1.71 bits per heavy atom. The summed E-state index contributed by atoms with van der Waals surface area (Å²) in [4.78, 5) is 26.5. The fraction of sp³-hybridized carbons (Fsp3) is 0.250. The van der Waals surface area contributed by atoms with Gasteiger partial charge in [0.2, 0.25) is 0 Å². The highest BCUT2D eigenvalue weighted by molar-refractivity contribution is 6.31. The Morgan fingerprint density at radius 3 is 2.39 bits per heavy atom. The lowest BCUT2D eigenvalue weighted by molar-refractivity contribution is -0.388. The van der Waals surface area contributed by atoms with Crippen molar-refractivity contribution in [2.24, 2.45) is 0 Å². The smallest absolute Gasteiger partial charge is 0.423 e. The number of benzene rings is 3. The summed E-state index contributed by atoms with van der Waals surface area (Å²) in [6.45, 7) is 2.93. The minimum absolute atomic E-state index is 0.0376. The summed E-state index contributed by atoms with van der Waals surface area (Å²) in [6, 6.07) is 16.4. The van der Waals surface area contributed by atoms with Crippen LogP contribution in [0.25, 0.3) is 11.0 Å². The zero-order chi connectivity index (χ0) is 29.1. The third-order valence-electron chi connectivity index (χ3n) is 6.64. The first-order valence-corrected chi connectivity index (χ1v) is 13.0. The Hall–Kier alpha value is -4.29. The van der Waals surface area contributed by atoms with Crippen molar-refractivity contribution in [3.8, 4) is 5.75 Å². The highest BCUT2D eigenvalue weighted by Gasteiger charge is 2.38. The van der Waals surface area contributed by atoms with E-state index in [1.54, 1.807) is 35.2 Å². The number of halogens is 4. The summed E-state index contributed by atoms with van der Waals surface area (Å²) in [6.07, 6.45) is -4.87. The predicted molar refractivity (Wildman–Crippen MR) is 146 cm³/mol. The van der Waals surface area contributed by atoms with E-state index in [-0.39, 0.29) is 18.2 Å². The molecule has 3 aromatic carbocycles. The van der Waals surface area contributed by atoms with E-state index in [0.717, 1.165) is 22.8 Å². The van der Waals surface area contributed by atoms with Crippen molar-refractivity contribution in [3.63, 3.8) is 0 Å². The zero-order valence-corrected chi connectivity index (χ0v) is 22.2. The van der Waals surface area contributed by atoms with E-state index in [1.165, 1.54) is 6.07 Å². The number of nitrogens with zero attached hydrogens (tertiary/aromatic N) is 3. The van der Waals surface area contributed by atoms with Crippen molar-refractivity contribution in [2.45, 2.75) is 12.7 Å². The number of rotatable bonds is 8. The maximum absolute atomic E-state index is 13.2. The summed E-state index contributed by atoms with van der Waals surface area (Å²) < 4.78 is 51.2. The fourth-order valence-corrected chi connectivity index (χ4v) is 4.74. The first-order valence-electron chi connectivity index (χ1n) is 12.6. The number of amides is 1. The molecule has 9 nitrogen and oxygen atoms in total. The average Bonchev–Trinajstić information content (AvgIpc) is 3.33. The second-order valence-corrected chi connectivity index (χ2v) is 9.91. The summed E-state index contributed by atoms with van der Waals surface area (Å²) >= 11 is 6.05. The fourth-order valence-electron chi connectivity index (χ4n) is 4.56. The van der Waals surface area contributed by atoms with E-state index in [1.807, 2.05) is 18.2 Å². The number of carbonyl (C=O) groups is 1. The summed E-state index contributed by atoms with van der Waals surface area (Å²) in [5.74, 6) is 1.08. The van der Waals surface area contributed by atoms with Crippen LogP contribution in [0.2, 0.25) is 5.02 Å². The lowest BCUT2D eigenvalue weighted by Crippen LogP contribution is -2.49. The molecule has 1 aliphatic heterocycles. The lowest BCUT2D eigenvalue weighted by Gasteiger charge is -2.34. The highest BCUT2D eigenvalue weighted by Crippen LogP contribution is 2.38. The van der Waals surface area contributed by atoms with Crippen molar-refractivity contribution < 1.29 is 32.0 Å². The molecule has 41 heavy (non-hydrogen) atoms. The van der Waals surface area contributed by atoms with Gasteiger partial charge in [-0.1, -0.05) is 11.6 Å². The third kappa shape index (κ3) is 6.90. The molecule has 13 heteroatoms. The number of anilines is 2. The molecule has 0 radical (unpaired) electrons. The van der Waals surface area contributed by atoms with Crippen molar-refractivity contribution >= 4 is 45.5 Å². The van der Waals surface area contributed by atoms with E-state index >= 15 is 0 Å². The predicted octanol–water partition coefficient (Wildman–Crippen LogP) is 6.48. The molecule has 0 atom stereocenters. The maximum Gasteiger partial charge on any atom is 0.423 e. The highest BCUT2D eigenvalue weighted by atomic mass is 35.5. The van der Waals surface area contributed by atoms with Crippen LogP contribution in [0.15, 0.2) is 71.1 Å². The monoisotopic (exact) mass is 588 g/mol. The molecular weight excluding hydrogens is 565 g/mol. The van der Waals surface area contributed by atoms with Gasteiger partial charge in [-0.3, -0.25) is 19.8 Å². The number of nitro groups is 1. The van der Waals surface area contributed by atoms with Gasteiger partial charge in [0.25, 0.3) is 11.6 Å². The first-order chi connectivity index (χ1) is 19.5. The van der Waals surface area contributed by atoms with Crippen LogP contribution in [-0.4, -0.2) is 53.4 Å². The molecule has 4 aromatic rings. The Balaban J connectivity index is 1.09. The Bertz CT molecular complexity index is 1570. The number of ether oxygens (including phenoxy) is 1. The molecule has 1 N–H and O–H groups in total. The van der Waals surface area contributed by atoms with Gasteiger partial charge in [-0.05, 0) is 60.7 Å². The molecule has 1 amide bonds. The van der Waals surface area contributed by atoms with Gasteiger partial charge in [0.15, 0.2) is 6.61 Å². The molecule has 1 saturated heterocycles. The number of hydrogen-bond acceptors (Lipinski definition) is 7. The second-order valence-electron chi connectivity index (χ2n) is 9.48. The van der Waals surface area contributed by atoms with Gasteiger partial charge in [0.1, 0.15) is 22.7 Å². The zero-order valence-electron chi connectivity index (χ0n) is 21.5.